The van der Waals surface area contributed by atoms with E-state index in [1.54, 1.807) is 6.92 Å². The summed E-state index contributed by atoms with van der Waals surface area (Å²) in [4.78, 5) is 11.5. The summed E-state index contributed by atoms with van der Waals surface area (Å²) in [6.45, 7) is 7.37. The quantitative estimate of drug-likeness (QED) is 0.604. The highest BCUT2D eigenvalue weighted by Gasteiger charge is 2.22. The lowest BCUT2D eigenvalue weighted by molar-refractivity contribution is -0.119. The Kier molecular flexibility index (Phi) is 5.12. The maximum atomic E-state index is 11.5. The first-order chi connectivity index (χ1) is 10.1. The zero-order valence-electron chi connectivity index (χ0n) is 12.5. The molecule has 3 heteroatoms. The van der Waals surface area contributed by atoms with Gasteiger partial charge in [-0.3, -0.25) is 4.79 Å². The number of ketones is 1. The van der Waals surface area contributed by atoms with Crippen molar-refractivity contribution in [3.05, 3.63) is 73.0 Å². The van der Waals surface area contributed by atoms with Crippen LogP contribution >= 0.6 is 0 Å². The minimum atomic E-state index is -1.86. The van der Waals surface area contributed by atoms with Gasteiger partial charge in [-0.15, -0.1) is 0 Å². The van der Waals surface area contributed by atoms with Gasteiger partial charge in [-0.1, -0.05) is 67.2 Å². The molecule has 0 amide bonds. The van der Waals surface area contributed by atoms with Crippen LogP contribution in [0.4, 0.5) is 0 Å². The molecule has 2 nitrogen and oxygen atoms in total. The van der Waals surface area contributed by atoms with Crippen LogP contribution in [-0.4, -0.2) is 14.8 Å². The predicted octanol–water partition coefficient (Wildman–Crippen LogP) is 2.28. The molecule has 0 aliphatic carbocycles. The maximum absolute atomic E-state index is 11.5. The lowest BCUT2D eigenvalue weighted by Crippen LogP contribution is -2.45. The molecule has 1 unspecified atom stereocenters. The van der Waals surface area contributed by atoms with Crippen LogP contribution in [-0.2, 0) is 9.22 Å². The Labute approximate surface area is 127 Å². The third-order valence-electron chi connectivity index (χ3n) is 3.57. The van der Waals surface area contributed by atoms with Gasteiger partial charge in [0.1, 0.15) is 5.78 Å². The SMILES string of the molecule is C=C(O[SiH](c1ccccc1)c1ccccc1)C(C)C(C)=O. The van der Waals surface area contributed by atoms with E-state index in [0.717, 1.165) is 0 Å². The first-order valence-electron chi connectivity index (χ1n) is 7.05. The highest BCUT2D eigenvalue weighted by atomic mass is 28.3. The molecule has 0 N–H and O–H groups in total. The van der Waals surface area contributed by atoms with Gasteiger partial charge in [0, 0.05) is 0 Å². The number of carbonyl (C=O) groups excluding carboxylic acids is 1. The third kappa shape index (κ3) is 3.92. The second kappa shape index (κ2) is 7.04. The molecule has 0 spiro atoms. The van der Waals surface area contributed by atoms with Crippen LogP contribution in [0.2, 0.25) is 0 Å². The monoisotopic (exact) mass is 296 g/mol. The minimum Gasteiger partial charge on any atom is -0.540 e. The molecule has 2 rings (SSSR count). The second-order valence-corrected chi connectivity index (χ2v) is 7.45. The van der Waals surface area contributed by atoms with Gasteiger partial charge >= 0.3 is 0 Å². The fraction of sp³-hybridized carbons (Fsp3) is 0.167. The van der Waals surface area contributed by atoms with Crippen molar-refractivity contribution in [2.24, 2.45) is 5.92 Å². The Morgan fingerprint density at radius 1 is 1.00 bits per heavy atom. The molecule has 0 aliphatic heterocycles. The Morgan fingerprint density at radius 3 is 1.81 bits per heavy atom. The molecule has 0 fully saturated rings. The van der Waals surface area contributed by atoms with Crippen LogP contribution in [0.1, 0.15) is 13.8 Å². The van der Waals surface area contributed by atoms with Gasteiger partial charge in [0.05, 0.1) is 11.7 Å². The lowest BCUT2D eigenvalue weighted by atomic mass is 10.1. The molecule has 0 bridgehead atoms. The number of benzene rings is 2. The van der Waals surface area contributed by atoms with Crippen LogP contribution in [0.25, 0.3) is 0 Å². The van der Waals surface area contributed by atoms with Gasteiger partial charge in [-0.05, 0) is 24.2 Å². The highest BCUT2D eigenvalue weighted by molar-refractivity contribution is 6.80. The summed E-state index contributed by atoms with van der Waals surface area (Å²) in [6.07, 6.45) is 0. The number of hydrogen-bond donors (Lipinski definition) is 0. The standard InChI is InChI=1S/C18H20O2Si/c1-14(15(2)19)16(3)20-21(17-10-6-4-7-11-17)18-12-8-5-9-13-18/h4-14,21H,3H2,1-2H3. The normalized spacial score (nSPS) is 12.0. The average molecular weight is 296 g/mol. The summed E-state index contributed by atoms with van der Waals surface area (Å²) >= 11 is 0. The molecule has 21 heavy (non-hydrogen) atoms. The Morgan fingerprint density at radius 2 is 1.43 bits per heavy atom. The number of rotatable bonds is 6. The largest absolute Gasteiger partial charge is 0.540 e. The van der Waals surface area contributed by atoms with Gasteiger partial charge in [-0.25, -0.2) is 0 Å². The van der Waals surface area contributed by atoms with Crippen molar-refractivity contribution < 1.29 is 9.22 Å². The summed E-state index contributed by atoms with van der Waals surface area (Å²) in [6, 6.07) is 20.4. The van der Waals surface area contributed by atoms with Crippen molar-refractivity contribution in [1.29, 1.82) is 0 Å². The predicted molar refractivity (Wildman–Crippen MR) is 89.4 cm³/mol. The summed E-state index contributed by atoms with van der Waals surface area (Å²) in [5, 5.41) is 2.36. The second-order valence-electron chi connectivity index (χ2n) is 5.12. The fourth-order valence-corrected chi connectivity index (χ4v) is 4.37. The molecule has 108 valence electrons. The molecular formula is C18H20O2Si. The molecule has 0 heterocycles. The zero-order chi connectivity index (χ0) is 15.2. The topological polar surface area (TPSA) is 26.3 Å². The van der Waals surface area contributed by atoms with E-state index in [9.17, 15) is 4.79 Å². The number of allylic oxidation sites excluding steroid dienone is 1. The maximum Gasteiger partial charge on any atom is 0.298 e. The molecule has 0 saturated carbocycles. The zero-order valence-corrected chi connectivity index (χ0v) is 13.6. The Hall–Kier alpha value is -2.13. The van der Waals surface area contributed by atoms with E-state index in [2.05, 4.69) is 30.8 Å². The van der Waals surface area contributed by atoms with Gasteiger partial charge < -0.3 is 4.43 Å². The molecule has 0 aromatic heterocycles. The average Bonchev–Trinajstić information content (AvgIpc) is 2.53. The number of carbonyl (C=O) groups is 1. The molecular weight excluding hydrogens is 276 g/mol. The molecule has 1 atom stereocenters. The molecule has 2 aromatic carbocycles. The van der Waals surface area contributed by atoms with Crippen LogP contribution in [0.15, 0.2) is 73.0 Å². The van der Waals surface area contributed by atoms with Crippen LogP contribution < -0.4 is 10.4 Å². The van der Waals surface area contributed by atoms with Crippen molar-refractivity contribution >= 4 is 25.2 Å². The highest BCUT2D eigenvalue weighted by Crippen LogP contribution is 2.12. The molecule has 0 aliphatic rings. The van der Waals surface area contributed by atoms with Crippen molar-refractivity contribution in [3.8, 4) is 0 Å². The van der Waals surface area contributed by atoms with Crippen molar-refractivity contribution in [1.82, 2.24) is 0 Å². The summed E-state index contributed by atoms with van der Waals surface area (Å²) in [5.41, 5.74) is 0. The van der Waals surface area contributed by atoms with E-state index in [4.69, 9.17) is 4.43 Å². The van der Waals surface area contributed by atoms with Crippen molar-refractivity contribution in [3.63, 3.8) is 0 Å². The van der Waals surface area contributed by atoms with Gasteiger partial charge in [0.25, 0.3) is 9.04 Å². The van der Waals surface area contributed by atoms with Gasteiger partial charge in [-0.2, -0.15) is 0 Å². The van der Waals surface area contributed by atoms with E-state index in [0.29, 0.717) is 5.76 Å². The van der Waals surface area contributed by atoms with E-state index in [1.807, 2.05) is 43.3 Å². The van der Waals surface area contributed by atoms with E-state index >= 15 is 0 Å². The number of hydrogen-bond acceptors (Lipinski definition) is 2. The van der Waals surface area contributed by atoms with Crippen LogP contribution in [0, 0.1) is 5.92 Å². The van der Waals surface area contributed by atoms with Gasteiger partial charge in [0.2, 0.25) is 0 Å². The Balaban J connectivity index is 2.30. The summed E-state index contributed by atoms with van der Waals surface area (Å²) in [7, 11) is -1.86. The van der Waals surface area contributed by atoms with Crippen LogP contribution in [0.3, 0.4) is 0 Å². The fourth-order valence-electron chi connectivity index (χ4n) is 2.06. The van der Waals surface area contributed by atoms with Crippen molar-refractivity contribution in [2.75, 3.05) is 0 Å². The molecule has 0 radical (unpaired) electrons. The summed E-state index contributed by atoms with van der Waals surface area (Å²) < 4.78 is 6.17. The lowest BCUT2D eigenvalue weighted by Gasteiger charge is -2.22. The first kappa shape index (κ1) is 15.3. The minimum absolute atomic E-state index is 0.0777. The summed E-state index contributed by atoms with van der Waals surface area (Å²) in [5.74, 6) is 0.369. The molecule has 0 saturated heterocycles. The van der Waals surface area contributed by atoms with E-state index in [-0.39, 0.29) is 11.7 Å². The van der Waals surface area contributed by atoms with Gasteiger partial charge in [0.15, 0.2) is 0 Å². The number of Topliss-reactive ketones (excluding diaryl/α,β-unsaturated/α-hetero) is 1. The van der Waals surface area contributed by atoms with Crippen LogP contribution in [0.5, 0.6) is 0 Å². The first-order valence-corrected chi connectivity index (χ1v) is 8.68. The van der Waals surface area contributed by atoms with E-state index in [1.165, 1.54) is 10.4 Å². The van der Waals surface area contributed by atoms with Crippen molar-refractivity contribution in [2.45, 2.75) is 13.8 Å². The smallest absolute Gasteiger partial charge is 0.298 e. The van der Waals surface area contributed by atoms with E-state index < -0.39 is 9.04 Å². The third-order valence-corrected chi connectivity index (χ3v) is 6.09. The molecule has 2 aromatic rings. The Bertz CT molecular complexity index is 568.